The van der Waals surface area contributed by atoms with Crippen LogP contribution in [-0.4, -0.2) is 76.1 Å². The minimum absolute atomic E-state index is 0.0399. The number of hydrogen-bond acceptors (Lipinski definition) is 8. The maximum absolute atomic E-state index is 13.0. The van der Waals surface area contributed by atoms with E-state index in [-0.39, 0.29) is 5.91 Å². The van der Waals surface area contributed by atoms with Gasteiger partial charge in [-0.05, 0) is 44.0 Å². The van der Waals surface area contributed by atoms with Crippen molar-refractivity contribution < 1.29 is 4.79 Å². The van der Waals surface area contributed by atoms with E-state index in [9.17, 15) is 4.79 Å². The number of imidazole rings is 1. The lowest BCUT2D eigenvalue weighted by molar-refractivity contribution is 0.00736. The molecular formula is C25H33N9O. The molecule has 184 valence electrons. The number of benzene rings is 1. The third-order valence-corrected chi connectivity index (χ3v) is 6.65. The van der Waals surface area contributed by atoms with E-state index in [4.69, 9.17) is 4.98 Å². The molecule has 1 saturated heterocycles. The molecule has 2 aliphatic rings. The Hall–Kier alpha value is -3.66. The fraction of sp³-hybridized carbons (Fsp3) is 0.440. The number of aromatic nitrogens is 4. The highest BCUT2D eigenvalue weighted by atomic mass is 16.2. The summed E-state index contributed by atoms with van der Waals surface area (Å²) in [6.07, 6.45) is 6.76. The van der Waals surface area contributed by atoms with Gasteiger partial charge in [0.05, 0.1) is 36.1 Å². The van der Waals surface area contributed by atoms with Crippen molar-refractivity contribution in [3.63, 3.8) is 0 Å². The summed E-state index contributed by atoms with van der Waals surface area (Å²) in [5.74, 6) is 1.44. The van der Waals surface area contributed by atoms with E-state index in [1.807, 2.05) is 61.4 Å². The van der Waals surface area contributed by atoms with Crippen molar-refractivity contribution in [2.75, 3.05) is 55.4 Å². The quantitative estimate of drug-likeness (QED) is 0.538. The molecule has 1 fully saturated rings. The lowest BCUT2D eigenvalue weighted by atomic mass is 10.1. The van der Waals surface area contributed by atoms with Crippen molar-refractivity contribution >= 4 is 29.0 Å². The molecule has 2 N–H and O–H groups in total. The summed E-state index contributed by atoms with van der Waals surface area (Å²) in [4.78, 5) is 34.4. The molecule has 0 unspecified atom stereocenters. The normalized spacial score (nSPS) is 15.7. The van der Waals surface area contributed by atoms with Gasteiger partial charge >= 0.3 is 0 Å². The summed E-state index contributed by atoms with van der Waals surface area (Å²) in [7, 11) is 4.00. The van der Waals surface area contributed by atoms with E-state index in [0.717, 1.165) is 74.0 Å². The lowest BCUT2D eigenvalue weighted by Crippen LogP contribution is -2.44. The molecule has 5 rings (SSSR count). The zero-order chi connectivity index (χ0) is 24.4. The maximum atomic E-state index is 13.0. The van der Waals surface area contributed by atoms with Crippen molar-refractivity contribution in [1.82, 2.24) is 30.0 Å². The first-order valence-electron chi connectivity index (χ1n) is 12.3. The van der Waals surface area contributed by atoms with Gasteiger partial charge in [0.2, 0.25) is 5.95 Å². The average molecular weight is 476 g/mol. The van der Waals surface area contributed by atoms with Crippen molar-refractivity contribution in [1.29, 1.82) is 0 Å². The average Bonchev–Trinajstić information content (AvgIpc) is 3.57. The molecule has 0 radical (unpaired) electrons. The smallest absolute Gasteiger partial charge is 0.268 e. The number of nitrogens with zero attached hydrogens (tertiary/aromatic N) is 7. The van der Waals surface area contributed by atoms with Crippen molar-refractivity contribution in [2.24, 2.45) is 0 Å². The number of H-pyrrole nitrogens is 1. The Morgan fingerprint density at radius 2 is 1.89 bits per heavy atom. The van der Waals surface area contributed by atoms with Crippen LogP contribution >= 0.6 is 0 Å². The van der Waals surface area contributed by atoms with Crippen molar-refractivity contribution in [3.05, 3.63) is 53.7 Å². The van der Waals surface area contributed by atoms with Crippen LogP contribution in [0.3, 0.4) is 0 Å². The lowest BCUT2D eigenvalue weighted by Gasteiger charge is -2.30. The largest absolute Gasteiger partial charge is 0.373 e. The third-order valence-electron chi connectivity index (χ3n) is 6.65. The Morgan fingerprint density at radius 3 is 2.60 bits per heavy atom. The van der Waals surface area contributed by atoms with E-state index in [1.165, 1.54) is 0 Å². The number of rotatable bonds is 7. The molecule has 2 aliphatic heterocycles. The van der Waals surface area contributed by atoms with Crippen LogP contribution in [0.15, 0.2) is 36.8 Å². The van der Waals surface area contributed by atoms with Crippen LogP contribution in [0, 0.1) is 0 Å². The molecule has 3 aromatic rings. The molecule has 4 heterocycles. The summed E-state index contributed by atoms with van der Waals surface area (Å²) in [5.41, 5.74) is 4.73. The van der Waals surface area contributed by atoms with Gasteiger partial charge < -0.3 is 20.1 Å². The molecule has 0 atom stereocenters. The molecule has 10 heteroatoms. The summed E-state index contributed by atoms with van der Waals surface area (Å²) in [6, 6.07) is 7.54. The number of anilines is 4. The SMILES string of the molecule is CCN(C(=O)c1ccc(Nc2ncc(N(C)C)c(N3CCc4nc[nH]c4C3)n2)cc1)N1CCCC1. The molecule has 1 amide bonds. The number of fused-ring (bicyclic) bond motifs is 1. The van der Waals surface area contributed by atoms with E-state index in [2.05, 4.69) is 30.2 Å². The second kappa shape index (κ2) is 9.91. The minimum atomic E-state index is 0.0399. The van der Waals surface area contributed by atoms with Gasteiger partial charge in [-0.3, -0.25) is 9.80 Å². The monoisotopic (exact) mass is 475 g/mol. The Morgan fingerprint density at radius 1 is 1.11 bits per heavy atom. The van der Waals surface area contributed by atoms with Crippen molar-refractivity contribution in [3.8, 4) is 0 Å². The highest BCUT2D eigenvalue weighted by molar-refractivity contribution is 5.94. The first kappa shape index (κ1) is 23.1. The fourth-order valence-corrected chi connectivity index (χ4v) is 4.76. The minimum Gasteiger partial charge on any atom is -0.373 e. The van der Waals surface area contributed by atoms with Gasteiger partial charge in [-0.25, -0.2) is 15.0 Å². The molecule has 0 bridgehead atoms. The van der Waals surface area contributed by atoms with Crippen LogP contribution in [0.1, 0.15) is 41.5 Å². The Labute approximate surface area is 206 Å². The topological polar surface area (TPSA) is 96.5 Å². The molecule has 1 aromatic carbocycles. The molecule has 0 spiro atoms. The molecule has 10 nitrogen and oxygen atoms in total. The Bertz CT molecular complexity index is 1170. The van der Waals surface area contributed by atoms with E-state index in [1.54, 1.807) is 6.33 Å². The molecule has 0 aliphatic carbocycles. The van der Waals surface area contributed by atoms with E-state index < -0.39 is 0 Å². The Balaban J connectivity index is 1.33. The third kappa shape index (κ3) is 4.79. The number of carbonyl (C=O) groups is 1. The second-order valence-electron chi connectivity index (χ2n) is 9.18. The molecular weight excluding hydrogens is 442 g/mol. The van der Waals surface area contributed by atoms with Crippen LogP contribution in [0.2, 0.25) is 0 Å². The van der Waals surface area contributed by atoms with Crippen molar-refractivity contribution in [2.45, 2.75) is 32.7 Å². The van der Waals surface area contributed by atoms with Gasteiger partial charge in [0.1, 0.15) is 0 Å². The highest BCUT2D eigenvalue weighted by Crippen LogP contribution is 2.30. The van der Waals surface area contributed by atoms with Crippen LogP contribution in [0.25, 0.3) is 0 Å². The van der Waals surface area contributed by atoms with Crippen LogP contribution in [0.5, 0.6) is 0 Å². The van der Waals surface area contributed by atoms with Gasteiger partial charge in [0.25, 0.3) is 5.91 Å². The van der Waals surface area contributed by atoms with Gasteiger partial charge in [0.15, 0.2) is 5.82 Å². The number of hydrazine groups is 1. The van der Waals surface area contributed by atoms with E-state index in [0.29, 0.717) is 18.1 Å². The van der Waals surface area contributed by atoms with Gasteiger partial charge in [-0.1, -0.05) is 0 Å². The maximum Gasteiger partial charge on any atom is 0.268 e. The second-order valence-corrected chi connectivity index (χ2v) is 9.18. The highest BCUT2D eigenvalue weighted by Gasteiger charge is 2.25. The van der Waals surface area contributed by atoms with Gasteiger partial charge in [-0.15, -0.1) is 0 Å². The van der Waals surface area contributed by atoms with Crippen LogP contribution in [0.4, 0.5) is 23.1 Å². The predicted octanol–water partition coefficient (Wildman–Crippen LogP) is 3.04. The summed E-state index contributed by atoms with van der Waals surface area (Å²) < 4.78 is 0. The fourth-order valence-electron chi connectivity index (χ4n) is 4.76. The van der Waals surface area contributed by atoms with Crippen LogP contribution < -0.4 is 15.1 Å². The summed E-state index contributed by atoms with van der Waals surface area (Å²) in [6.45, 7) is 6.16. The molecule has 2 aromatic heterocycles. The predicted molar refractivity (Wildman–Crippen MR) is 137 cm³/mol. The summed E-state index contributed by atoms with van der Waals surface area (Å²) in [5, 5.41) is 7.32. The number of hydrogen-bond donors (Lipinski definition) is 2. The van der Waals surface area contributed by atoms with E-state index >= 15 is 0 Å². The zero-order valence-corrected chi connectivity index (χ0v) is 20.7. The first-order valence-corrected chi connectivity index (χ1v) is 12.3. The number of aromatic amines is 1. The molecule has 35 heavy (non-hydrogen) atoms. The first-order chi connectivity index (χ1) is 17.0. The standard InChI is InChI=1S/C25H33N9O/c1-4-34(33-12-5-6-13-33)24(35)18-7-9-19(10-8-18)29-25-26-15-22(31(2)3)23(30-25)32-14-11-20-21(16-32)28-17-27-20/h7-10,15,17H,4-6,11-14,16H2,1-3H3,(H,27,28)(H,26,29,30). The van der Waals surface area contributed by atoms with Gasteiger partial charge in [0, 0.05) is 57.9 Å². The summed E-state index contributed by atoms with van der Waals surface area (Å²) >= 11 is 0. The molecule has 0 saturated carbocycles. The Kier molecular flexibility index (Phi) is 6.54. The number of amides is 1. The van der Waals surface area contributed by atoms with Gasteiger partial charge in [-0.2, -0.15) is 4.98 Å². The zero-order valence-electron chi connectivity index (χ0n) is 20.7. The number of nitrogens with one attached hydrogen (secondary N) is 2. The van der Waals surface area contributed by atoms with Crippen LogP contribution in [-0.2, 0) is 13.0 Å². The number of carbonyl (C=O) groups excluding carboxylic acids is 1.